The van der Waals surface area contributed by atoms with Crippen LogP contribution in [0, 0.1) is 12.8 Å². The van der Waals surface area contributed by atoms with Gasteiger partial charge >= 0.3 is 0 Å². The predicted molar refractivity (Wildman–Crippen MR) is 69.3 cm³/mol. The number of hydrogen-bond donors (Lipinski definition) is 1. The van der Waals surface area contributed by atoms with Crippen LogP contribution in [0.4, 0.5) is 0 Å². The van der Waals surface area contributed by atoms with Crippen LogP contribution in [-0.4, -0.2) is 0 Å². The van der Waals surface area contributed by atoms with E-state index in [2.05, 4.69) is 38.1 Å². The highest BCUT2D eigenvalue weighted by molar-refractivity contribution is 5.28. The third kappa shape index (κ3) is 2.46. The highest BCUT2D eigenvalue weighted by Crippen LogP contribution is 2.35. The zero-order valence-electron chi connectivity index (χ0n) is 10.5. The molecule has 0 amide bonds. The maximum absolute atomic E-state index is 6.61. The van der Waals surface area contributed by atoms with Crippen molar-refractivity contribution < 1.29 is 0 Å². The average molecular weight is 217 g/mol. The molecule has 1 heteroatoms. The van der Waals surface area contributed by atoms with E-state index in [1.807, 2.05) is 0 Å². The zero-order valence-corrected chi connectivity index (χ0v) is 10.5. The summed E-state index contributed by atoms with van der Waals surface area (Å²) in [6.07, 6.45) is 6.15. The Morgan fingerprint density at radius 1 is 1.25 bits per heavy atom. The van der Waals surface area contributed by atoms with Crippen molar-refractivity contribution in [2.75, 3.05) is 0 Å². The molecule has 0 aromatic heterocycles. The minimum Gasteiger partial charge on any atom is -0.321 e. The van der Waals surface area contributed by atoms with Crippen LogP contribution >= 0.6 is 0 Å². The molecule has 1 aromatic rings. The van der Waals surface area contributed by atoms with Gasteiger partial charge in [0.15, 0.2) is 0 Å². The lowest BCUT2D eigenvalue weighted by atomic mass is 9.83. The Bertz CT molecular complexity index is 358. The molecule has 2 unspecified atom stereocenters. The molecular formula is C15H23N. The topological polar surface area (TPSA) is 26.0 Å². The molecule has 2 N–H and O–H groups in total. The van der Waals surface area contributed by atoms with E-state index in [0.29, 0.717) is 0 Å². The van der Waals surface area contributed by atoms with Gasteiger partial charge in [0.05, 0.1) is 0 Å². The molecule has 0 spiro atoms. The van der Waals surface area contributed by atoms with Crippen LogP contribution in [0.1, 0.15) is 50.2 Å². The summed E-state index contributed by atoms with van der Waals surface area (Å²) >= 11 is 0. The van der Waals surface area contributed by atoms with Crippen molar-refractivity contribution in [2.24, 2.45) is 11.7 Å². The Morgan fingerprint density at radius 3 is 2.81 bits per heavy atom. The maximum atomic E-state index is 6.61. The third-order valence-electron chi connectivity index (χ3n) is 4.00. The lowest BCUT2D eigenvalue weighted by Crippen LogP contribution is -2.36. The van der Waals surface area contributed by atoms with Crippen LogP contribution in [0.15, 0.2) is 24.3 Å². The van der Waals surface area contributed by atoms with Crippen molar-refractivity contribution in [3.63, 3.8) is 0 Å². The normalized spacial score (nSPS) is 31.1. The Labute approximate surface area is 99.0 Å². The summed E-state index contributed by atoms with van der Waals surface area (Å²) in [6.45, 7) is 4.49. The van der Waals surface area contributed by atoms with E-state index in [1.54, 1.807) is 0 Å². The summed E-state index contributed by atoms with van der Waals surface area (Å²) in [6, 6.07) is 8.73. The molecule has 0 radical (unpaired) electrons. The van der Waals surface area contributed by atoms with Crippen LogP contribution in [0.25, 0.3) is 0 Å². The standard InChI is InChI=1S/C15H23N/c1-12-6-4-9-15(16,10-8-12)14-7-3-5-13(2)11-14/h3,5,7,11-12H,4,6,8-10,16H2,1-2H3. The molecule has 0 saturated heterocycles. The van der Waals surface area contributed by atoms with E-state index in [-0.39, 0.29) is 5.54 Å². The minimum absolute atomic E-state index is 0.0726. The molecule has 1 fully saturated rings. The lowest BCUT2D eigenvalue weighted by molar-refractivity contribution is 0.378. The Kier molecular flexibility index (Phi) is 3.34. The first-order valence-corrected chi connectivity index (χ1v) is 6.46. The first-order valence-electron chi connectivity index (χ1n) is 6.46. The van der Waals surface area contributed by atoms with E-state index in [4.69, 9.17) is 5.73 Å². The molecule has 1 aliphatic rings. The molecule has 1 aliphatic carbocycles. The number of hydrogen-bond acceptors (Lipinski definition) is 1. The van der Waals surface area contributed by atoms with Crippen LogP contribution in [0.5, 0.6) is 0 Å². The first-order chi connectivity index (χ1) is 7.60. The van der Waals surface area contributed by atoms with Crippen molar-refractivity contribution in [3.05, 3.63) is 35.4 Å². The average Bonchev–Trinajstić information content (AvgIpc) is 2.42. The van der Waals surface area contributed by atoms with Crippen molar-refractivity contribution in [1.82, 2.24) is 0 Å². The van der Waals surface area contributed by atoms with E-state index >= 15 is 0 Å². The van der Waals surface area contributed by atoms with Crippen LogP contribution < -0.4 is 5.73 Å². The molecule has 0 aliphatic heterocycles. The molecule has 16 heavy (non-hydrogen) atoms. The monoisotopic (exact) mass is 217 g/mol. The molecule has 1 saturated carbocycles. The fourth-order valence-corrected chi connectivity index (χ4v) is 2.78. The maximum Gasteiger partial charge on any atom is 0.0409 e. The van der Waals surface area contributed by atoms with Gasteiger partial charge < -0.3 is 5.73 Å². The smallest absolute Gasteiger partial charge is 0.0409 e. The van der Waals surface area contributed by atoms with E-state index in [9.17, 15) is 0 Å². The molecule has 88 valence electrons. The molecular weight excluding hydrogens is 194 g/mol. The summed E-state index contributed by atoms with van der Waals surface area (Å²) in [5, 5.41) is 0. The van der Waals surface area contributed by atoms with Crippen LogP contribution in [0.3, 0.4) is 0 Å². The van der Waals surface area contributed by atoms with Gasteiger partial charge in [-0.25, -0.2) is 0 Å². The predicted octanol–water partition coefficient (Wildman–Crippen LogP) is 3.75. The minimum atomic E-state index is -0.0726. The third-order valence-corrected chi connectivity index (χ3v) is 4.00. The van der Waals surface area contributed by atoms with Gasteiger partial charge in [0.25, 0.3) is 0 Å². The van der Waals surface area contributed by atoms with E-state index in [1.165, 1.54) is 30.4 Å². The summed E-state index contributed by atoms with van der Waals surface area (Å²) < 4.78 is 0. The Morgan fingerprint density at radius 2 is 2.06 bits per heavy atom. The van der Waals surface area contributed by atoms with E-state index in [0.717, 1.165) is 18.8 Å². The number of benzene rings is 1. The van der Waals surface area contributed by atoms with Crippen molar-refractivity contribution in [1.29, 1.82) is 0 Å². The Balaban J connectivity index is 2.23. The fraction of sp³-hybridized carbons (Fsp3) is 0.600. The molecule has 0 heterocycles. The van der Waals surface area contributed by atoms with Crippen molar-refractivity contribution in [3.8, 4) is 0 Å². The molecule has 0 bridgehead atoms. The van der Waals surface area contributed by atoms with Gasteiger partial charge in [0, 0.05) is 5.54 Å². The fourth-order valence-electron chi connectivity index (χ4n) is 2.78. The molecule has 2 rings (SSSR count). The molecule has 1 nitrogen and oxygen atoms in total. The SMILES string of the molecule is Cc1cccc(C2(N)CCCC(C)CC2)c1. The second kappa shape index (κ2) is 4.58. The van der Waals surface area contributed by atoms with Gasteiger partial charge in [0.1, 0.15) is 0 Å². The van der Waals surface area contributed by atoms with Gasteiger partial charge in [-0.3, -0.25) is 0 Å². The van der Waals surface area contributed by atoms with Crippen molar-refractivity contribution >= 4 is 0 Å². The largest absolute Gasteiger partial charge is 0.321 e. The highest BCUT2D eigenvalue weighted by Gasteiger charge is 2.29. The van der Waals surface area contributed by atoms with E-state index < -0.39 is 0 Å². The van der Waals surface area contributed by atoms with Gasteiger partial charge in [0.2, 0.25) is 0 Å². The first kappa shape index (κ1) is 11.7. The van der Waals surface area contributed by atoms with Crippen LogP contribution in [-0.2, 0) is 5.54 Å². The summed E-state index contributed by atoms with van der Waals surface area (Å²) in [5.74, 6) is 0.843. The second-order valence-corrected chi connectivity index (χ2v) is 5.56. The highest BCUT2D eigenvalue weighted by atomic mass is 14.7. The summed E-state index contributed by atoms with van der Waals surface area (Å²) in [5.41, 5.74) is 9.19. The van der Waals surface area contributed by atoms with Crippen LogP contribution in [0.2, 0.25) is 0 Å². The quantitative estimate of drug-likeness (QED) is 0.712. The number of aryl methyl sites for hydroxylation is 1. The van der Waals surface area contributed by atoms with Gasteiger partial charge in [-0.05, 0) is 37.7 Å². The van der Waals surface area contributed by atoms with Gasteiger partial charge in [-0.2, -0.15) is 0 Å². The molecule has 1 aromatic carbocycles. The summed E-state index contributed by atoms with van der Waals surface area (Å²) in [4.78, 5) is 0. The van der Waals surface area contributed by atoms with Gasteiger partial charge in [-0.15, -0.1) is 0 Å². The number of rotatable bonds is 1. The van der Waals surface area contributed by atoms with Crippen molar-refractivity contribution in [2.45, 2.75) is 51.5 Å². The lowest BCUT2D eigenvalue weighted by Gasteiger charge is -2.29. The zero-order chi connectivity index (χ0) is 11.6. The molecule has 2 atom stereocenters. The van der Waals surface area contributed by atoms with Gasteiger partial charge in [-0.1, -0.05) is 49.6 Å². The summed E-state index contributed by atoms with van der Waals surface area (Å²) in [7, 11) is 0. The Hall–Kier alpha value is -0.820. The number of nitrogens with two attached hydrogens (primary N) is 1. The second-order valence-electron chi connectivity index (χ2n) is 5.56.